The Morgan fingerprint density at radius 1 is 0.655 bits per heavy atom. The summed E-state index contributed by atoms with van der Waals surface area (Å²) >= 11 is 0. The molecule has 0 atom stereocenters. The van der Waals surface area contributed by atoms with E-state index in [9.17, 15) is 41.5 Å². The number of aromatic nitrogens is 9. The Labute approximate surface area is 327 Å². The minimum Gasteiger partial charge on any atom is -0.420 e. The molecule has 4 amide bonds. The lowest BCUT2D eigenvalue weighted by molar-refractivity contribution is -0.219. The molecule has 3 aromatic heterocycles. The molecule has 310 valence electrons. The van der Waals surface area contributed by atoms with E-state index in [0.717, 1.165) is 0 Å². The summed E-state index contributed by atoms with van der Waals surface area (Å²) in [5, 5.41) is 34.6. The average Bonchev–Trinajstić information content (AvgIpc) is 3.89. The van der Waals surface area contributed by atoms with E-state index in [-0.39, 0.29) is 83.5 Å². The highest BCUT2D eigenvalue weighted by atomic mass is 19.2. The van der Waals surface area contributed by atoms with Crippen molar-refractivity contribution < 1.29 is 46.3 Å². The van der Waals surface area contributed by atoms with Crippen LogP contribution in [0.5, 0.6) is 5.75 Å². The molecule has 0 spiro atoms. The molecule has 3 saturated carbocycles. The van der Waals surface area contributed by atoms with E-state index in [1.807, 2.05) is 0 Å². The van der Waals surface area contributed by atoms with Crippen LogP contribution in [0.15, 0.2) is 24.7 Å². The number of aryl methyl sites for hydroxylation is 3. The molecule has 19 nitrogen and oxygen atoms in total. The van der Waals surface area contributed by atoms with Crippen LogP contribution in [0.2, 0.25) is 0 Å². The van der Waals surface area contributed by atoms with E-state index < -0.39 is 75.0 Å². The number of hydrogen-bond acceptors (Lipinski definition) is 12. The van der Waals surface area contributed by atoms with Crippen molar-refractivity contribution in [2.24, 2.45) is 32.0 Å². The average molecular weight is 816 g/mol. The first-order valence-electron chi connectivity index (χ1n) is 18.2. The number of benzene rings is 1. The third kappa shape index (κ3) is 9.28. The second kappa shape index (κ2) is 16.7. The summed E-state index contributed by atoms with van der Waals surface area (Å²) < 4.78 is 65.3. The molecule has 7 rings (SSSR count). The van der Waals surface area contributed by atoms with E-state index >= 15 is 0 Å². The summed E-state index contributed by atoms with van der Waals surface area (Å²) in [6.07, 6.45) is 4.04. The van der Waals surface area contributed by atoms with Gasteiger partial charge in [-0.25, -0.2) is 8.78 Å². The van der Waals surface area contributed by atoms with E-state index in [0.29, 0.717) is 17.1 Å². The fourth-order valence-corrected chi connectivity index (χ4v) is 7.34. The number of nitrogens with zero attached hydrogens (tertiary/aromatic N) is 9. The number of carbonyl (C=O) groups is 5. The molecular formula is C35H41F4N13O6. The highest BCUT2D eigenvalue weighted by Crippen LogP contribution is 2.74. The van der Waals surface area contributed by atoms with Crippen molar-refractivity contribution in [1.29, 1.82) is 0 Å². The Balaban J connectivity index is 1.17. The minimum atomic E-state index is -1.88. The van der Waals surface area contributed by atoms with E-state index in [2.05, 4.69) is 52.2 Å². The maximum absolute atomic E-state index is 14.3. The Morgan fingerprint density at radius 3 is 1.38 bits per heavy atom. The molecule has 2 bridgehead atoms. The number of rotatable bonds is 19. The number of amides is 4. The Kier molecular flexibility index (Phi) is 11.9. The van der Waals surface area contributed by atoms with Crippen LogP contribution in [0.4, 0.5) is 17.6 Å². The predicted molar refractivity (Wildman–Crippen MR) is 188 cm³/mol. The van der Waals surface area contributed by atoms with E-state index in [1.165, 1.54) is 14.0 Å². The lowest BCUT2D eigenvalue weighted by atomic mass is 9.34. The highest BCUT2D eigenvalue weighted by Gasteiger charge is 2.76. The zero-order chi connectivity index (χ0) is 41.8. The molecule has 3 heterocycles. The molecule has 58 heavy (non-hydrogen) atoms. The monoisotopic (exact) mass is 815 g/mol. The Bertz CT molecular complexity index is 2030. The van der Waals surface area contributed by atoms with Gasteiger partial charge in [-0.2, -0.15) is 8.78 Å². The van der Waals surface area contributed by atoms with Gasteiger partial charge in [0.2, 0.25) is 41.0 Å². The quantitative estimate of drug-likeness (QED) is 0.0447. The molecule has 0 saturated heterocycles. The normalized spacial score (nSPS) is 18.1. The Hall–Kier alpha value is -6.29. The van der Waals surface area contributed by atoms with E-state index in [4.69, 9.17) is 4.74 Å². The number of halogens is 4. The largest absolute Gasteiger partial charge is 0.420 e. The smallest absolute Gasteiger partial charge is 0.317 e. The van der Waals surface area contributed by atoms with Crippen LogP contribution in [0.25, 0.3) is 0 Å². The van der Waals surface area contributed by atoms with Gasteiger partial charge in [0.15, 0.2) is 11.6 Å². The maximum Gasteiger partial charge on any atom is 0.317 e. The van der Waals surface area contributed by atoms with Gasteiger partial charge < -0.3 is 26.0 Å². The summed E-state index contributed by atoms with van der Waals surface area (Å²) in [6.45, 7) is 0.205. The van der Waals surface area contributed by atoms with Crippen LogP contribution in [-0.4, -0.2) is 80.1 Å². The molecule has 3 fully saturated rings. The SMILES string of the molecule is Cn1cc(CNC(=O)CCC(CCC(=O)NCc2cn(C)nn2)(CCC(=O)NCc2cn(C)nn2)NC(=O)C23CC(C(=O)Oc4c(F)c(F)cc(F)c4F)(C2)C3)nn1. The number of carbonyl (C=O) groups excluding carboxylic acids is 5. The number of hydrogen-bond donors (Lipinski definition) is 4. The fourth-order valence-electron chi connectivity index (χ4n) is 7.34. The summed E-state index contributed by atoms with van der Waals surface area (Å²) in [5.41, 5.74) is -2.33. The minimum absolute atomic E-state index is 0.0145. The van der Waals surface area contributed by atoms with Gasteiger partial charge in [-0.05, 0) is 38.5 Å². The van der Waals surface area contributed by atoms with Crippen molar-refractivity contribution in [3.63, 3.8) is 0 Å². The fraction of sp³-hybridized carbons (Fsp3) is 0.514. The molecule has 0 radical (unpaired) electrons. The lowest BCUT2D eigenvalue weighted by Crippen LogP contribution is -2.72. The van der Waals surface area contributed by atoms with Crippen molar-refractivity contribution in [1.82, 2.24) is 66.2 Å². The van der Waals surface area contributed by atoms with Crippen LogP contribution in [0, 0.1) is 34.1 Å². The molecule has 1 aromatic carbocycles. The topological polar surface area (TPSA) is 235 Å². The molecule has 3 aliphatic rings. The van der Waals surface area contributed by atoms with Gasteiger partial charge in [-0.3, -0.25) is 38.0 Å². The summed E-state index contributed by atoms with van der Waals surface area (Å²) in [5.74, 6) is -11.7. The van der Waals surface area contributed by atoms with Crippen molar-refractivity contribution >= 4 is 29.6 Å². The predicted octanol–water partition coefficient (Wildman–Crippen LogP) is 0.849. The van der Waals surface area contributed by atoms with E-state index in [1.54, 1.807) is 39.7 Å². The van der Waals surface area contributed by atoms with Crippen molar-refractivity contribution in [3.8, 4) is 5.75 Å². The third-order valence-electron chi connectivity index (χ3n) is 10.4. The van der Waals surface area contributed by atoms with Crippen LogP contribution in [0.3, 0.4) is 0 Å². The molecule has 0 unspecified atom stereocenters. The van der Waals surface area contributed by atoms with Crippen LogP contribution in [-0.2, 0) is 64.7 Å². The van der Waals surface area contributed by atoms with Gasteiger partial charge in [0.1, 0.15) is 17.1 Å². The summed E-state index contributed by atoms with van der Waals surface area (Å²) in [6, 6.07) is -0.0145. The molecular weight excluding hydrogens is 774 g/mol. The first-order chi connectivity index (χ1) is 27.5. The van der Waals surface area contributed by atoms with Crippen LogP contribution >= 0.6 is 0 Å². The number of nitrogens with one attached hydrogen (secondary N) is 4. The first-order valence-corrected chi connectivity index (χ1v) is 18.2. The summed E-state index contributed by atoms with van der Waals surface area (Å²) in [4.78, 5) is 66.7. The second-order valence-corrected chi connectivity index (χ2v) is 15.0. The molecule has 23 heteroatoms. The zero-order valence-electron chi connectivity index (χ0n) is 31.8. The Morgan fingerprint density at radius 2 is 1.03 bits per heavy atom. The van der Waals surface area contributed by atoms with Gasteiger partial charge in [-0.1, -0.05) is 15.6 Å². The van der Waals surface area contributed by atoms with Gasteiger partial charge >= 0.3 is 5.97 Å². The molecule has 4 N–H and O–H groups in total. The van der Waals surface area contributed by atoms with Crippen LogP contribution < -0.4 is 26.0 Å². The standard InChI is InChI=1S/C35H41F4N13O6/c1-50-14-20(44-47-50)11-40-25(53)4-7-35(8-5-26(54)41-12-21-15-51(2)48-45-21,9-6-27(55)42-13-22-16-52(3)49-46-22)43-31(56)33-17-34(18-33,19-33)32(57)58-30-28(38)23(36)10-24(37)29(30)39/h10,14-16H,4-9,11-13,17-19H2,1-3H3,(H,40,53)(H,41,54)(H,42,55)(H,43,56). The van der Waals surface area contributed by atoms with Gasteiger partial charge in [-0.15, -0.1) is 15.3 Å². The van der Waals surface area contributed by atoms with Gasteiger partial charge in [0.25, 0.3) is 0 Å². The maximum atomic E-state index is 14.3. The van der Waals surface area contributed by atoms with Crippen molar-refractivity contribution in [2.45, 2.75) is 83.0 Å². The van der Waals surface area contributed by atoms with Gasteiger partial charge in [0, 0.05) is 70.6 Å². The van der Waals surface area contributed by atoms with Crippen LogP contribution in [0.1, 0.15) is 74.9 Å². The second-order valence-electron chi connectivity index (χ2n) is 15.0. The molecule has 0 aliphatic heterocycles. The van der Waals surface area contributed by atoms with Crippen molar-refractivity contribution in [2.75, 3.05) is 0 Å². The lowest BCUT2D eigenvalue weighted by Gasteiger charge is -2.67. The zero-order valence-corrected chi connectivity index (χ0v) is 31.8. The number of esters is 1. The van der Waals surface area contributed by atoms with Gasteiger partial charge in [0.05, 0.1) is 30.5 Å². The molecule has 4 aromatic rings. The third-order valence-corrected chi connectivity index (χ3v) is 10.4. The number of ether oxygens (including phenoxy) is 1. The molecule has 3 aliphatic carbocycles. The summed E-state index contributed by atoms with van der Waals surface area (Å²) in [7, 11) is 5.01. The van der Waals surface area contributed by atoms with Crippen molar-refractivity contribution in [3.05, 3.63) is 65.0 Å². The highest BCUT2D eigenvalue weighted by molar-refractivity contribution is 5.95. The first kappa shape index (κ1) is 41.3.